The smallest absolute Gasteiger partial charge is 0.255 e. The molecule has 4 aliphatic rings. The number of hydrogen-bond donors (Lipinski definition) is 7. The minimum Gasteiger partial charge on any atom is -0.507 e. The molecule has 0 radical (unpaired) electrons. The summed E-state index contributed by atoms with van der Waals surface area (Å²) in [6.07, 6.45) is -6.57. The monoisotopic (exact) mass is 772 g/mol. The second-order valence-corrected chi connectivity index (χ2v) is 14.3. The number of fused-ring (bicyclic) bond motifs is 5. The summed E-state index contributed by atoms with van der Waals surface area (Å²) in [5, 5.41) is 64.0. The highest BCUT2D eigenvalue weighted by Crippen LogP contribution is 2.56. The van der Waals surface area contributed by atoms with Gasteiger partial charge in [0.05, 0.1) is 34.6 Å². The zero-order chi connectivity index (χ0) is 40.6. The van der Waals surface area contributed by atoms with E-state index < -0.39 is 123 Å². The summed E-state index contributed by atoms with van der Waals surface area (Å²) in [6.45, 7) is 3.18. The van der Waals surface area contributed by atoms with E-state index in [1.807, 2.05) is 0 Å². The van der Waals surface area contributed by atoms with Crippen molar-refractivity contribution in [1.82, 2.24) is 10.6 Å². The number of ketones is 4. The van der Waals surface area contributed by atoms with Crippen LogP contribution in [-0.4, -0.2) is 118 Å². The largest absolute Gasteiger partial charge is 0.507 e. The molecule has 7 N–H and O–H groups in total. The predicted octanol–water partition coefficient (Wildman–Crippen LogP) is 0.893. The number of methoxy groups -OCH3 is 3. The van der Waals surface area contributed by atoms with Gasteiger partial charge in [-0.05, 0) is 36.6 Å². The molecule has 56 heavy (non-hydrogen) atoms. The van der Waals surface area contributed by atoms with Gasteiger partial charge in [-0.1, -0.05) is 36.4 Å². The molecule has 0 spiro atoms. The second-order valence-electron chi connectivity index (χ2n) is 14.3. The molecular weight excluding hydrogens is 732 g/mol. The number of rotatable bonds is 8. The third kappa shape index (κ3) is 5.36. The van der Waals surface area contributed by atoms with E-state index in [0.717, 1.165) is 24.8 Å². The Balaban J connectivity index is 1.33. The van der Waals surface area contributed by atoms with Crippen LogP contribution in [0.1, 0.15) is 81.0 Å². The van der Waals surface area contributed by atoms with Gasteiger partial charge >= 0.3 is 0 Å². The van der Waals surface area contributed by atoms with Crippen molar-refractivity contribution in [3.63, 3.8) is 0 Å². The number of phenolic OH excluding ortho intramolecular Hbond substituents is 2. The van der Waals surface area contributed by atoms with Gasteiger partial charge in [0.25, 0.3) is 5.91 Å². The highest BCUT2D eigenvalue weighted by molar-refractivity contribution is 6.31. The summed E-state index contributed by atoms with van der Waals surface area (Å²) >= 11 is 0. The van der Waals surface area contributed by atoms with Crippen LogP contribution in [0.15, 0.2) is 54.2 Å². The third-order valence-corrected chi connectivity index (χ3v) is 11.3. The van der Waals surface area contributed by atoms with Crippen LogP contribution in [0.2, 0.25) is 0 Å². The zero-order valence-corrected chi connectivity index (χ0v) is 30.9. The lowest BCUT2D eigenvalue weighted by Crippen LogP contribution is -2.73. The first-order valence-corrected chi connectivity index (χ1v) is 17.7. The number of benzene rings is 3. The summed E-state index contributed by atoms with van der Waals surface area (Å²) in [6, 6.07) is 11.1. The molecular formula is C40H40N2O14. The van der Waals surface area contributed by atoms with E-state index in [4.69, 9.17) is 18.9 Å². The Labute approximate surface area is 319 Å². The Morgan fingerprint density at radius 1 is 0.929 bits per heavy atom. The topological polar surface area (TPSA) is 247 Å². The van der Waals surface area contributed by atoms with Gasteiger partial charge in [0.2, 0.25) is 17.3 Å². The first-order chi connectivity index (χ1) is 26.6. The molecule has 1 aliphatic heterocycles. The molecule has 1 fully saturated rings. The number of aromatic hydroxyl groups is 2. The number of aryl methyl sites for hydroxylation is 1. The van der Waals surface area contributed by atoms with Gasteiger partial charge in [0.15, 0.2) is 23.2 Å². The number of hydrogen-bond acceptors (Lipinski definition) is 15. The molecule has 8 atom stereocenters. The molecule has 0 aromatic heterocycles. The Hall–Kier alpha value is -5.33. The fourth-order valence-corrected chi connectivity index (χ4v) is 8.64. The van der Waals surface area contributed by atoms with Gasteiger partial charge in [-0.15, -0.1) is 0 Å². The van der Waals surface area contributed by atoms with Crippen molar-refractivity contribution in [1.29, 1.82) is 0 Å². The summed E-state index contributed by atoms with van der Waals surface area (Å²) in [5.74, 6) is -7.33. The molecule has 16 nitrogen and oxygen atoms in total. The van der Waals surface area contributed by atoms with Gasteiger partial charge in [-0.3, -0.25) is 24.0 Å². The van der Waals surface area contributed by atoms with Gasteiger partial charge < -0.3 is 55.1 Å². The van der Waals surface area contributed by atoms with E-state index in [2.05, 4.69) is 10.6 Å². The average Bonchev–Trinajstić information content (AvgIpc) is 3.15. The lowest BCUT2D eigenvalue weighted by atomic mass is 9.56. The van der Waals surface area contributed by atoms with Gasteiger partial charge in [0.1, 0.15) is 29.8 Å². The number of Topliss-reactive ketones (excluding diaryl/α,β-unsaturated/α-hetero) is 3. The van der Waals surface area contributed by atoms with E-state index in [9.17, 15) is 49.5 Å². The van der Waals surface area contributed by atoms with E-state index in [1.54, 1.807) is 37.3 Å². The minimum atomic E-state index is -3.24. The van der Waals surface area contributed by atoms with Crippen molar-refractivity contribution in [2.45, 2.75) is 74.8 Å². The quantitative estimate of drug-likeness (QED) is 0.168. The predicted molar refractivity (Wildman–Crippen MR) is 192 cm³/mol. The summed E-state index contributed by atoms with van der Waals surface area (Å²) in [4.78, 5) is 70.7. The molecule has 16 heteroatoms. The normalized spacial score (nSPS) is 29.5. The SMILES string of the molecule is CO[C@@H]1[C@@H](O)[C@@H](OC)C(NC2=CC(=O)c3c(cc4c(c3O)C(=O)[C@]3(OC)[C@H](O)Cc5cc(C)c(C(=O)NCc6ccccc6)c(O)c5[C@]3(O)C4=O)C2=O)O[C@H]1C. The van der Waals surface area contributed by atoms with Crippen molar-refractivity contribution in [2.24, 2.45) is 0 Å². The maximum Gasteiger partial charge on any atom is 0.255 e. The molecule has 0 bridgehead atoms. The molecule has 7 rings (SSSR count). The maximum atomic E-state index is 14.8. The molecule has 3 aromatic carbocycles. The van der Waals surface area contributed by atoms with E-state index >= 15 is 0 Å². The van der Waals surface area contributed by atoms with Crippen molar-refractivity contribution < 1.29 is 68.5 Å². The van der Waals surface area contributed by atoms with Gasteiger partial charge in [0, 0.05) is 57.1 Å². The molecule has 3 aliphatic carbocycles. The number of aliphatic hydroxyl groups excluding tert-OH is 2. The third-order valence-electron chi connectivity index (χ3n) is 11.3. The van der Waals surface area contributed by atoms with Crippen molar-refractivity contribution >= 4 is 29.0 Å². The second kappa shape index (κ2) is 14.0. The fraction of sp³-hybridized carbons (Fsp3) is 0.375. The van der Waals surface area contributed by atoms with E-state index in [0.29, 0.717) is 0 Å². The Kier molecular flexibility index (Phi) is 9.73. The van der Waals surface area contributed by atoms with Crippen LogP contribution in [-0.2, 0) is 37.5 Å². The lowest BCUT2D eigenvalue weighted by molar-refractivity contribution is -0.236. The highest BCUT2D eigenvalue weighted by Gasteiger charge is 2.72. The fourth-order valence-electron chi connectivity index (χ4n) is 8.64. The van der Waals surface area contributed by atoms with Crippen LogP contribution < -0.4 is 10.6 Å². The van der Waals surface area contributed by atoms with E-state index in [1.165, 1.54) is 27.2 Å². The number of aliphatic hydroxyl groups is 3. The molecule has 1 heterocycles. The number of carbonyl (C=O) groups excluding carboxylic acids is 5. The number of amides is 1. The summed E-state index contributed by atoms with van der Waals surface area (Å²) in [7, 11) is 3.61. The highest BCUT2D eigenvalue weighted by atomic mass is 16.6. The number of nitrogens with one attached hydrogen (secondary N) is 2. The first-order valence-electron chi connectivity index (χ1n) is 17.7. The molecule has 1 amide bonds. The summed E-state index contributed by atoms with van der Waals surface area (Å²) < 4.78 is 22.2. The van der Waals surface area contributed by atoms with Crippen LogP contribution in [0, 0.1) is 6.92 Å². The molecule has 3 aromatic rings. The van der Waals surface area contributed by atoms with Crippen LogP contribution in [0.5, 0.6) is 11.5 Å². The average molecular weight is 773 g/mol. The van der Waals surface area contributed by atoms with E-state index in [-0.39, 0.29) is 28.9 Å². The lowest BCUT2D eigenvalue weighted by Gasteiger charge is -2.53. The Morgan fingerprint density at radius 2 is 1.61 bits per heavy atom. The minimum absolute atomic E-state index is 0.0158. The number of carbonyl (C=O) groups is 5. The Morgan fingerprint density at radius 3 is 2.25 bits per heavy atom. The molecule has 1 saturated heterocycles. The number of allylic oxidation sites excluding steroid dienone is 2. The molecule has 0 saturated carbocycles. The first kappa shape index (κ1) is 38.9. The standard InChI is InChI=1S/C40H40N2O14/c1-16-11-19-12-24(44)40(55-5)36(50)27-21(35(49)39(40,52)28(19)31(47)25(16)37(51)41-15-18-9-7-6-8-10-18)13-20-26(30(27)46)23(43)14-22(29(20)45)42-38-34(54-4)32(48)33(53-3)17(2)56-38/h6-11,13-14,17,24,32-34,38,42,44,46-48,52H,12,15H2,1-5H3,(H,41,51)/t17-,24+,32+,33-,34+,38?,39-,40+/m0/s1. The zero-order valence-electron chi connectivity index (χ0n) is 30.9. The van der Waals surface area contributed by atoms with Crippen molar-refractivity contribution in [3.05, 3.63) is 104 Å². The molecule has 1 unspecified atom stereocenters. The number of ether oxygens (including phenoxy) is 4. The summed E-state index contributed by atoms with van der Waals surface area (Å²) in [5.41, 5.74) is -9.17. The van der Waals surface area contributed by atoms with Crippen LogP contribution in [0.4, 0.5) is 0 Å². The van der Waals surface area contributed by atoms with Gasteiger partial charge in [-0.2, -0.15) is 0 Å². The van der Waals surface area contributed by atoms with Crippen molar-refractivity contribution in [3.8, 4) is 11.5 Å². The number of phenols is 2. The molecule has 294 valence electrons. The maximum absolute atomic E-state index is 14.8. The Bertz CT molecular complexity index is 2240. The van der Waals surface area contributed by atoms with Crippen LogP contribution in [0.25, 0.3) is 0 Å². The van der Waals surface area contributed by atoms with Crippen LogP contribution >= 0.6 is 0 Å². The van der Waals surface area contributed by atoms with Crippen molar-refractivity contribution in [2.75, 3.05) is 21.3 Å². The van der Waals surface area contributed by atoms with Crippen LogP contribution in [0.3, 0.4) is 0 Å². The van der Waals surface area contributed by atoms with Gasteiger partial charge in [-0.25, -0.2) is 0 Å².